The molecule has 28 heavy (non-hydrogen) atoms. The summed E-state index contributed by atoms with van der Waals surface area (Å²) in [5.41, 5.74) is 2.02. The van der Waals surface area contributed by atoms with E-state index in [-0.39, 0.29) is 48.6 Å². The third-order valence-corrected chi connectivity index (χ3v) is 5.01. The van der Waals surface area contributed by atoms with Gasteiger partial charge in [0.2, 0.25) is 5.91 Å². The summed E-state index contributed by atoms with van der Waals surface area (Å²) in [5.74, 6) is 0.632. The Balaban J connectivity index is 0.00000280. The van der Waals surface area contributed by atoms with Gasteiger partial charge in [-0.1, -0.05) is 19.1 Å². The number of rotatable bonds is 5. The molecule has 156 valence electrons. The Morgan fingerprint density at radius 1 is 1.29 bits per heavy atom. The molecule has 2 fully saturated rings. The molecule has 0 aliphatic carbocycles. The second-order valence-corrected chi connectivity index (χ2v) is 6.91. The normalized spacial score (nSPS) is 22.5. The molecule has 0 aromatic heterocycles. The number of carbonyl (C=O) groups excluding carboxylic acids is 1. The van der Waals surface area contributed by atoms with Crippen LogP contribution in [0.5, 0.6) is 0 Å². The van der Waals surface area contributed by atoms with E-state index in [9.17, 15) is 4.79 Å². The summed E-state index contributed by atoms with van der Waals surface area (Å²) in [5, 5.41) is 6.10. The van der Waals surface area contributed by atoms with Crippen molar-refractivity contribution in [3.05, 3.63) is 29.8 Å². The minimum atomic E-state index is -0.0895. The van der Waals surface area contributed by atoms with E-state index in [0.29, 0.717) is 6.61 Å². The Morgan fingerprint density at radius 3 is 2.82 bits per heavy atom. The van der Waals surface area contributed by atoms with Gasteiger partial charge in [0.1, 0.15) is 6.10 Å². The van der Waals surface area contributed by atoms with Crippen molar-refractivity contribution in [1.82, 2.24) is 10.2 Å². The Kier molecular flexibility index (Phi) is 9.46. The molecule has 2 atom stereocenters. The summed E-state index contributed by atoms with van der Waals surface area (Å²) < 4.78 is 11.6. The predicted octanol–water partition coefficient (Wildman–Crippen LogP) is 2.26. The highest BCUT2D eigenvalue weighted by Crippen LogP contribution is 2.21. The highest BCUT2D eigenvalue weighted by Gasteiger charge is 2.32. The Hall–Kier alpha value is -1.39. The van der Waals surface area contributed by atoms with Crippen molar-refractivity contribution < 1.29 is 14.3 Å². The first-order valence-electron chi connectivity index (χ1n) is 9.77. The van der Waals surface area contributed by atoms with Gasteiger partial charge in [-0.15, -0.1) is 24.0 Å². The van der Waals surface area contributed by atoms with Gasteiger partial charge in [-0.25, -0.2) is 0 Å². The van der Waals surface area contributed by atoms with E-state index in [1.807, 2.05) is 18.2 Å². The quantitative estimate of drug-likeness (QED) is 0.367. The van der Waals surface area contributed by atoms with Crippen LogP contribution in [-0.4, -0.2) is 68.9 Å². The third-order valence-electron chi connectivity index (χ3n) is 5.01. The molecule has 2 aliphatic rings. The molecule has 1 aromatic carbocycles. The molecule has 2 N–H and O–H groups in total. The molecule has 1 amide bonds. The van der Waals surface area contributed by atoms with Gasteiger partial charge in [0.05, 0.1) is 19.3 Å². The standard InChI is InChI=1S/C20H30N4O3.HI/c1-3-15-6-4-7-16(12-15)23-19(25)13-22-20(21-2)24-9-11-27-18(14-24)17-8-5-10-26-17;/h4,6-7,12,17-18H,3,5,8-11,13-14H2,1-2H3,(H,21,22)(H,23,25);1H. The van der Waals surface area contributed by atoms with Gasteiger partial charge in [0.25, 0.3) is 0 Å². The first kappa shape index (κ1) is 22.9. The van der Waals surface area contributed by atoms with E-state index in [1.54, 1.807) is 7.05 Å². The van der Waals surface area contributed by atoms with Gasteiger partial charge < -0.3 is 25.0 Å². The maximum absolute atomic E-state index is 12.3. The number of carbonyl (C=O) groups is 1. The van der Waals surface area contributed by atoms with Crippen molar-refractivity contribution in [2.24, 2.45) is 4.99 Å². The number of guanidine groups is 1. The van der Waals surface area contributed by atoms with Crippen molar-refractivity contribution in [1.29, 1.82) is 0 Å². The van der Waals surface area contributed by atoms with Crippen LogP contribution >= 0.6 is 24.0 Å². The highest BCUT2D eigenvalue weighted by molar-refractivity contribution is 14.0. The maximum Gasteiger partial charge on any atom is 0.243 e. The summed E-state index contributed by atoms with van der Waals surface area (Å²) >= 11 is 0. The lowest BCUT2D eigenvalue weighted by molar-refractivity contribution is -0.115. The van der Waals surface area contributed by atoms with Crippen LogP contribution in [0.2, 0.25) is 0 Å². The van der Waals surface area contributed by atoms with Crippen molar-refractivity contribution in [2.45, 2.75) is 38.4 Å². The third kappa shape index (κ3) is 6.31. The fourth-order valence-electron chi connectivity index (χ4n) is 3.55. The molecule has 0 saturated carbocycles. The number of amides is 1. The molecule has 1 aromatic rings. The lowest BCUT2D eigenvalue weighted by Gasteiger charge is -2.37. The Morgan fingerprint density at radius 2 is 2.11 bits per heavy atom. The average Bonchev–Trinajstić information content (AvgIpc) is 3.24. The van der Waals surface area contributed by atoms with Crippen LogP contribution in [0.15, 0.2) is 29.3 Å². The number of hydrogen-bond donors (Lipinski definition) is 2. The number of ether oxygens (including phenoxy) is 2. The predicted molar refractivity (Wildman–Crippen MR) is 122 cm³/mol. The molecule has 2 aliphatic heterocycles. The number of aryl methyl sites for hydroxylation is 1. The molecule has 8 heteroatoms. The number of nitrogens with one attached hydrogen (secondary N) is 2. The molecule has 0 bridgehead atoms. The van der Waals surface area contributed by atoms with E-state index in [1.165, 1.54) is 5.56 Å². The lowest BCUT2D eigenvalue weighted by Crippen LogP contribution is -2.54. The van der Waals surface area contributed by atoms with Crippen LogP contribution < -0.4 is 10.6 Å². The molecule has 0 spiro atoms. The smallest absolute Gasteiger partial charge is 0.243 e. The second-order valence-electron chi connectivity index (χ2n) is 6.91. The number of anilines is 1. The van der Waals surface area contributed by atoms with Crippen LogP contribution in [0.25, 0.3) is 0 Å². The Labute approximate surface area is 184 Å². The average molecular weight is 502 g/mol. The van der Waals surface area contributed by atoms with Crippen molar-refractivity contribution in [3.63, 3.8) is 0 Å². The summed E-state index contributed by atoms with van der Waals surface area (Å²) in [6, 6.07) is 7.92. The number of benzene rings is 1. The molecule has 0 radical (unpaired) electrons. The fraction of sp³-hybridized carbons (Fsp3) is 0.600. The van der Waals surface area contributed by atoms with Gasteiger partial charge in [-0.05, 0) is 37.0 Å². The van der Waals surface area contributed by atoms with Crippen LogP contribution in [0.1, 0.15) is 25.3 Å². The SMILES string of the molecule is CCc1cccc(NC(=O)CNC(=NC)N2CCOC(C3CCCO3)C2)c1.I. The van der Waals surface area contributed by atoms with Crippen molar-refractivity contribution in [2.75, 3.05) is 45.2 Å². The number of hydrogen-bond acceptors (Lipinski definition) is 4. The Bertz CT molecular complexity index is 665. The molecular weight excluding hydrogens is 471 g/mol. The maximum atomic E-state index is 12.3. The van der Waals surface area contributed by atoms with Gasteiger partial charge >= 0.3 is 0 Å². The first-order valence-corrected chi connectivity index (χ1v) is 9.77. The lowest BCUT2D eigenvalue weighted by atomic mass is 10.1. The monoisotopic (exact) mass is 502 g/mol. The topological polar surface area (TPSA) is 75.2 Å². The minimum absolute atomic E-state index is 0. The highest BCUT2D eigenvalue weighted by atomic mass is 127. The van der Waals surface area contributed by atoms with Gasteiger partial charge in [0, 0.05) is 32.4 Å². The van der Waals surface area contributed by atoms with Crippen LogP contribution in [0, 0.1) is 0 Å². The van der Waals surface area contributed by atoms with Crippen molar-refractivity contribution >= 4 is 41.5 Å². The first-order chi connectivity index (χ1) is 13.2. The molecule has 7 nitrogen and oxygen atoms in total. The van der Waals surface area contributed by atoms with Crippen LogP contribution in [-0.2, 0) is 20.7 Å². The molecule has 3 rings (SSSR count). The van der Waals surface area contributed by atoms with E-state index >= 15 is 0 Å². The fourth-order valence-corrected chi connectivity index (χ4v) is 3.55. The van der Waals surface area contributed by atoms with E-state index < -0.39 is 0 Å². The van der Waals surface area contributed by atoms with Gasteiger partial charge in [0.15, 0.2) is 5.96 Å². The van der Waals surface area contributed by atoms with Gasteiger partial charge in [-0.3, -0.25) is 9.79 Å². The number of aliphatic imine (C=N–C) groups is 1. The molecular formula is C20H31IN4O3. The number of halogens is 1. The second kappa shape index (κ2) is 11.6. The zero-order valence-corrected chi connectivity index (χ0v) is 19.0. The summed E-state index contributed by atoms with van der Waals surface area (Å²) in [6.07, 6.45) is 3.31. The summed E-state index contributed by atoms with van der Waals surface area (Å²) in [4.78, 5) is 18.8. The molecule has 2 heterocycles. The largest absolute Gasteiger partial charge is 0.375 e. The van der Waals surface area contributed by atoms with Gasteiger partial charge in [-0.2, -0.15) is 0 Å². The summed E-state index contributed by atoms with van der Waals surface area (Å²) in [7, 11) is 1.74. The molecule has 2 saturated heterocycles. The van der Waals surface area contributed by atoms with E-state index in [0.717, 1.165) is 50.6 Å². The summed E-state index contributed by atoms with van der Waals surface area (Å²) in [6.45, 7) is 5.20. The van der Waals surface area contributed by atoms with E-state index in [4.69, 9.17) is 9.47 Å². The zero-order valence-electron chi connectivity index (χ0n) is 16.6. The molecule has 2 unspecified atom stereocenters. The van der Waals surface area contributed by atoms with E-state index in [2.05, 4.69) is 33.5 Å². The number of morpholine rings is 1. The van der Waals surface area contributed by atoms with Crippen molar-refractivity contribution in [3.8, 4) is 0 Å². The number of nitrogens with zero attached hydrogens (tertiary/aromatic N) is 2. The van der Waals surface area contributed by atoms with Crippen LogP contribution in [0.3, 0.4) is 0 Å². The van der Waals surface area contributed by atoms with Crippen LogP contribution in [0.4, 0.5) is 5.69 Å². The minimum Gasteiger partial charge on any atom is -0.375 e. The zero-order chi connectivity index (χ0) is 19.1.